The molecule has 0 heterocycles. The number of benzene rings is 1. The van der Waals surface area contributed by atoms with Crippen LogP contribution in [0.25, 0.3) is 0 Å². The van der Waals surface area contributed by atoms with Crippen LogP contribution in [0.2, 0.25) is 0 Å². The Balaban J connectivity index is 2.23. The first kappa shape index (κ1) is 16.5. The molecular formula is C15H18NO5P. The van der Waals surface area contributed by atoms with Crippen molar-refractivity contribution >= 4 is 13.5 Å². The lowest BCUT2D eigenvalue weighted by atomic mass is 9.90. The van der Waals surface area contributed by atoms with Crippen molar-refractivity contribution in [2.45, 2.75) is 25.7 Å². The number of carbonyl (C=O) groups is 1. The van der Waals surface area contributed by atoms with Gasteiger partial charge in [-0.2, -0.15) is 0 Å². The van der Waals surface area contributed by atoms with E-state index in [9.17, 15) is 14.5 Å². The molecule has 1 aromatic rings. The zero-order valence-electron chi connectivity index (χ0n) is 12.1. The maximum Gasteiger partial charge on any atom is 0.427 e. The van der Waals surface area contributed by atoms with Crippen LogP contribution in [-0.4, -0.2) is 20.7 Å². The van der Waals surface area contributed by atoms with E-state index in [4.69, 9.17) is 9.79 Å². The predicted octanol–water partition coefficient (Wildman–Crippen LogP) is 2.35. The van der Waals surface area contributed by atoms with Gasteiger partial charge in [-0.05, 0) is 41.7 Å². The van der Waals surface area contributed by atoms with Crippen LogP contribution >= 0.6 is 7.75 Å². The van der Waals surface area contributed by atoms with Crippen LogP contribution in [0, 0.1) is 0 Å². The molecule has 118 valence electrons. The molecule has 0 bridgehead atoms. The van der Waals surface area contributed by atoms with Gasteiger partial charge in [0.1, 0.15) is 5.75 Å². The Morgan fingerprint density at radius 3 is 2.68 bits per heavy atom. The largest absolute Gasteiger partial charge is 0.508 e. The van der Waals surface area contributed by atoms with Gasteiger partial charge in [-0.3, -0.25) is 9.88 Å². The number of phenols is 1. The molecule has 1 aliphatic carbocycles. The summed E-state index contributed by atoms with van der Waals surface area (Å²) in [5.74, 6) is -0.0144. The zero-order chi connectivity index (χ0) is 16.3. The fourth-order valence-corrected chi connectivity index (χ4v) is 2.97. The Labute approximate surface area is 128 Å². The quantitative estimate of drug-likeness (QED) is 0.620. The number of phenolic OH excluding ortho intramolecular Hbond substituents is 1. The van der Waals surface area contributed by atoms with E-state index >= 15 is 0 Å². The number of rotatable bonds is 5. The van der Waals surface area contributed by atoms with Crippen molar-refractivity contribution in [2.75, 3.05) is 0 Å². The van der Waals surface area contributed by atoms with Crippen LogP contribution in [0.3, 0.4) is 0 Å². The van der Waals surface area contributed by atoms with E-state index in [0.717, 1.165) is 5.56 Å². The molecule has 0 aromatic heterocycles. The van der Waals surface area contributed by atoms with E-state index in [2.05, 4.69) is 5.09 Å². The van der Waals surface area contributed by atoms with E-state index in [1.165, 1.54) is 6.08 Å². The van der Waals surface area contributed by atoms with Gasteiger partial charge >= 0.3 is 7.75 Å². The molecule has 7 heteroatoms. The van der Waals surface area contributed by atoms with E-state index in [0.29, 0.717) is 12.0 Å². The first-order chi connectivity index (χ1) is 10.2. The summed E-state index contributed by atoms with van der Waals surface area (Å²) >= 11 is 0. The average molecular weight is 323 g/mol. The van der Waals surface area contributed by atoms with E-state index in [1.807, 2.05) is 13.0 Å². The molecule has 0 saturated carbocycles. The standard InChI is InChI=1S/C15H18NO5P/c1-10(11-3-2-4-13(17)8-11)7-12-5-6-14(18)9-15(12)16-22(19,20)21/h2-6,8,10,17H,7,9H2,1H3,(H3,16,19,20,21). The van der Waals surface area contributed by atoms with Gasteiger partial charge in [0.15, 0.2) is 5.78 Å². The number of allylic oxidation sites excluding steroid dienone is 4. The van der Waals surface area contributed by atoms with E-state index in [-0.39, 0.29) is 29.6 Å². The molecule has 1 atom stereocenters. The van der Waals surface area contributed by atoms with Crippen LogP contribution in [0.1, 0.15) is 31.2 Å². The molecule has 0 saturated heterocycles. The summed E-state index contributed by atoms with van der Waals surface area (Å²) in [5.41, 5.74) is 1.85. The molecule has 4 N–H and O–H groups in total. The number of carbonyl (C=O) groups excluding carboxylic acids is 1. The van der Waals surface area contributed by atoms with Crippen molar-refractivity contribution in [3.05, 3.63) is 53.3 Å². The fourth-order valence-electron chi connectivity index (χ4n) is 2.40. The molecule has 1 unspecified atom stereocenters. The van der Waals surface area contributed by atoms with Crippen molar-refractivity contribution in [2.24, 2.45) is 0 Å². The maximum absolute atomic E-state index is 11.5. The Morgan fingerprint density at radius 2 is 2.05 bits per heavy atom. The van der Waals surface area contributed by atoms with Gasteiger partial charge in [0.05, 0.1) is 6.42 Å². The summed E-state index contributed by atoms with van der Waals surface area (Å²) in [6.07, 6.45) is 3.44. The lowest BCUT2D eigenvalue weighted by Crippen LogP contribution is -2.18. The fraction of sp³-hybridized carbons (Fsp3) is 0.267. The third-order valence-electron chi connectivity index (χ3n) is 3.45. The maximum atomic E-state index is 11.5. The minimum Gasteiger partial charge on any atom is -0.508 e. The van der Waals surface area contributed by atoms with Gasteiger partial charge in [-0.15, -0.1) is 0 Å². The Bertz CT molecular complexity index is 689. The summed E-state index contributed by atoms with van der Waals surface area (Å²) in [5, 5.41) is 11.7. The highest BCUT2D eigenvalue weighted by Crippen LogP contribution is 2.35. The minimum absolute atomic E-state index is 0.0218. The molecule has 22 heavy (non-hydrogen) atoms. The summed E-state index contributed by atoms with van der Waals surface area (Å²) < 4.78 is 11.1. The first-order valence-electron chi connectivity index (χ1n) is 6.80. The Morgan fingerprint density at radius 1 is 1.32 bits per heavy atom. The topological polar surface area (TPSA) is 107 Å². The lowest BCUT2D eigenvalue weighted by molar-refractivity contribution is -0.114. The Kier molecular flexibility index (Phi) is 4.86. The molecule has 1 aromatic carbocycles. The van der Waals surface area contributed by atoms with Gasteiger partial charge in [0.25, 0.3) is 0 Å². The molecule has 0 fully saturated rings. The summed E-state index contributed by atoms with van der Waals surface area (Å²) in [7, 11) is -4.46. The van der Waals surface area contributed by atoms with Crippen molar-refractivity contribution in [1.82, 2.24) is 5.09 Å². The summed E-state index contributed by atoms with van der Waals surface area (Å²) in [4.78, 5) is 29.6. The van der Waals surface area contributed by atoms with Crippen LogP contribution in [0.15, 0.2) is 47.7 Å². The van der Waals surface area contributed by atoms with Crippen molar-refractivity contribution in [3.63, 3.8) is 0 Å². The van der Waals surface area contributed by atoms with E-state index in [1.54, 1.807) is 24.3 Å². The third kappa shape index (κ3) is 4.56. The summed E-state index contributed by atoms with van der Waals surface area (Å²) in [6, 6.07) is 6.84. The number of aromatic hydroxyl groups is 1. The second kappa shape index (κ2) is 6.48. The average Bonchev–Trinajstić information content (AvgIpc) is 2.40. The van der Waals surface area contributed by atoms with Crippen LogP contribution in [-0.2, 0) is 9.36 Å². The second-order valence-electron chi connectivity index (χ2n) is 5.34. The van der Waals surface area contributed by atoms with Crippen LogP contribution in [0.5, 0.6) is 5.75 Å². The van der Waals surface area contributed by atoms with Crippen LogP contribution < -0.4 is 5.09 Å². The molecule has 2 rings (SSSR count). The second-order valence-corrected chi connectivity index (χ2v) is 6.65. The van der Waals surface area contributed by atoms with E-state index < -0.39 is 7.75 Å². The predicted molar refractivity (Wildman–Crippen MR) is 82.1 cm³/mol. The number of nitrogens with one attached hydrogen (secondary N) is 1. The Hall–Kier alpha value is -1.88. The normalized spacial score (nSPS) is 16.8. The molecule has 6 nitrogen and oxygen atoms in total. The lowest BCUT2D eigenvalue weighted by Gasteiger charge is -2.20. The highest BCUT2D eigenvalue weighted by Gasteiger charge is 2.22. The van der Waals surface area contributed by atoms with Gasteiger partial charge in [-0.25, -0.2) is 4.57 Å². The third-order valence-corrected chi connectivity index (χ3v) is 4.02. The van der Waals surface area contributed by atoms with Gasteiger partial charge in [0.2, 0.25) is 0 Å². The number of hydrogen-bond acceptors (Lipinski definition) is 3. The molecule has 0 aliphatic heterocycles. The van der Waals surface area contributed by atoms with Crippen molar-refractivity contribution < 1.29 is 24.3 Å². The molecule has 0 radical (unpaired) electrons. The van der Waals surface area contributed by atoms with Gasteiger partial charge in [0, 0.05) is 5.70 Å². The van der Waals surface area contributed by atoms with Gasteiger partial charge in [-0.1, -0.05) is 25.1 Å². The smallest absolute Gasteiger partial charge is 0.427 e. The monoisotopic (exact) mass is 323 g/mol. The highest BCUT2D eigenvalue weighted by atomic mass is 31.2. The SMILES string of the molecule is CC(CC1=C(NP(=O)(O)O)CC(=O)C=C1)c1cccc(O)c1. The highest BCUT2D eigenvalue weighted by molar-refractivity contribution is 7.49. The van der Waals surface area contributed by atoms with Gasteiger partial charge < -0.3 is 14.9 Å². The molecule has 0 spiro atoms. The number of hydrogen-bond donors (Lipinski definition) is 4. The summed E-state index contributed by atoms with van der Waals surface area (Å²) in [6.45, 7) is 1.95. The first-order valence-corrected chi connectivity index (χ1v) is 8.41. The molecule has 1 aliphatic rings. The van der Waals surface area contributed by atoms with Crippen LogP contribution in [0.4, 0.5) is 0 Å². The number of ketones is 1. The minimum atomic E-state index is -4.46. The molecule has 0 amide bonds. The van der Waals surface area contributed by atoms with Crippen molar-refractivity contribution in [3.8, 4) is 5.75 Å². The van der Waals surface area contributed by atoms with Crippen molar-refractivity contribution in [1.29, 1.82) is 0 Å². The molecular weight excluding hydrogens is 305 g/mol. The zero-order valence-corrected chi connectivity index (χ0v) is 13.0.